The van der Waals surface area contributed by atoms with E-state index in [9.17, 15) is 13.2 Å². The molecule has 3 N–H and O–H groups in total. The number of benzene rings is 1. The van der Waals surface area contributed by atoms with Gasteiger partial charge in [-0.2, -0.15) is 5.10 Å². The molecule has 2 amide bonds. The van der Waals surface area contributed by atoms with Gasteiger partial charge in [0.1, 0.15) is 5.82 Å². The van der Waals surface area contributed by atoms with Crippen LogP contribution in [-0.2, 0) is 16.4 Å². The maximum atomic E-state index is 11.8. The minimum atomic E-state index is -3.32. The molecule has 2 rings (SSSR count). The minimum absolute atomic E-state index is 0.0363. The number of aromatic amines is 1. The fourth-order valence-corrected chi connectivity index (χ4v) is 2.73. The largest absolute Gasteiger partial charge is 0.337 e. The smallest absolute Gasteiger partial charge is 0.319 e. The van der Waals surface area contributed by atoms with Gasteiger partial charge < -0.3 is 10.6 Å². The van der Waals surface area contributed by atoms with E-state index in [1.807, 2.05) is 19.1 Å². The van der Waals surface area contributed by atoms with Crippen molar-refractivity contribution in [2.45, 2.75) is 13.3 Å². The zero-order valence-corrected chi connectivity index (χ0v) is 15.2. The summed E-state index contributed by atoms with van der Waals surface area (Å²) in [5.41, 5.74) is 1.63. The number of anilines is 1. The molecule has 1 aromatic carbocycles. The molecule has 136 valence electrons. The van der Waals surface area contributed by atoms with E-state index >= 15 is 0 Å². The van der Waals surface area contributed by atoms with Gasteiger partial charge >= 0.3 is 6.03 Å². The van der Waals surface area contributed by atoms with Crippen LogP contribution in [0.3, 0.4) is 0 Å². The van der Waals surface area contributed by atoms with E-state index in [-0.39, 0.29) is 12.3 Å². The highest BCUT2D eigenvalue weighted by molar-refractivity contribution is 7.89. The molecule has 0 atom stereocenters. The molecule has 1 aromatic heterocycles. The third kappa shape index (κ3) is 5.84. The van der Waals surface area contributed by atoms with Crippen molar-refractivity contribution in [2.75, 3.05) is 31.7 Å². The molecule has 0 aliphatic rings. The van der Waals surface area contributed by atoms with Crippen LogP contribution in [0.25, 0.3) is 0 Å². The molecule has 0 bridgehead atoms. The van der Waals surface area contributed by atoms with E-state index in [0.29, 0.717) is 17.9 Å². The van der Waals surface area contributed by atoms with Crippen LogP contribution in [0.1, 0.15) is 17.2 Å². The Labute approximate surface area is 146 Å². The third-order valence-corrected chi connectivity index (χ3v) is 5.25. The van der Waals surface area contributed by atoms with Crippen molar-refractivity contribution in [1.82, 2.24) is 24.8 Å². The zero-order chi connectivity index (χ0) is 18.4. The maximum Gasteiger partial charge on any atom is 0.319 e. The highest BCUT2D eigenvalue weighted by atomic mass is 32.2. The molecule has 0 saturated heterocycles. The standard InChI is InChI=1S/C15H22N6O3S/c1-11-17-14(20-19-11)10-12-4-6-13(7-5-12)18-15(22)16-8-9-25(23,24)21(2)3/h4-7H,8-10H2,1-3H3,(H2,16,18,22)(H,17,19,20). The molecule has 0 saturated carbocycles. The lowest BCUT2D eigenvalue weighted by Gasteiger charge is -2.12. The van der Waals surface area contributed by atoms with E-state index in [2.05, 4.69) is 25.8 Å². The van der Waals surface area contributed by atoms with Crippen LogP contribution in [0.2, 0.25) is 0 Å². The molecule has 0 aliphatic carbocycles. The number of urea groups is 1. The van der Waals surface area contributed by atoms with Crippen molar-refractivity contribution < 1.29 is 13.2 Å². The fraction of sp³-hybridized carbons (Fsp3) is 0.400. The summed E-state index contributed by atoms with van der Waals surface area (Å²) in [7, 11) is -0.414. The molecule has 2 aromatic rings. The summed E-state index contributed by atoms with van der Waals surface area (Å²) in [6.07, 6.45) is 0.596. The minimum Gasteiger partial charge on any atom is -0.337 e. The number of nitrogens with one attached hydrogen (secondary N) is 3. The van der Waals surface area contributed by atoms with Gasteiger partial charge in [0.05, 0.1) is 5.75 Å². The van der Waals surface area contributed by atoms with E-state index < -0.39 is 16.1 Å². The number of carbonyl (C=O) groups excluding carboxylic acids is 1. The molecule has 9 nitrogen and oxygen atoms in total. The lowest BCUT2D eigenvalue weighted by molar-refractivity contribution is 0.252. The lowest BCUT2D eigenvalue weighted by atomic mass is 10.1. The molecule has 10 heteroatoms. The van der Waals surface area contributed by atoms with Crippen molar-refractivity contribution in [3.63, 3.8) is 0 Å². The normalized spacial score (nSPS) is 11.5. The van der Waals surface area contributed by atoms with Crippen LogP contribution in [0.5, 0.6) is 0 Å². The molecule has 0 fully saturated rings. The van der Waals surface area contributed by atoms with Crippen molar-refractivity contribution in [3.05, 3.63) is 41.5 Å². The first-order chi connectivity index (χ1) is 11.8. The Morgan fingerprint density at radius 2 is 1.92 bits per heavy atom. The molecular weight excluding hydrogens is 344 g/mol. The summed E-state index contributed by atoms with van der Waals surface area (Å²) in [6.45, 7) is 1.88. The number of carbonyl (C=O) groups is 1. The number of rotatable bonds is 7. The second-order valence-electron chi connectivity index (χ2n) is 5.69. The fourth-order valence-electron chi connectivity index (χ4n) is 2.01. The van der Waals surface area contributed by atoms with Crippen LogP contribution in [0.15, 0.2) is 24.3 Å². The van der Waals surface area contributed by atoms with Gasteiger partial charge in [0, 0.05) is 32.7 Å². The number of aromatic nitrogens is 3. The Morgan fingerprint density at radius 3 is 2.48 bits per heavy atom. The second kappa shape index (κ2) is 8.08. The Hall–Kier alpha value is -2.46. The molecule has 1 heterocycles. The number of sulfonamides is 1. The monoisotopic (exact) mass is 366 g/mol. The van der Waals surface area contributed by atoms with Gasteiger partial charge in [0.15, 0.2) is 5.82 Å². The van der Waals surface area contributed by atoms with Crippen LogP contribution in [0.4, 0.5) is 10.5 Å². The van der Waals surface area contributed by atoms with E-state index in [4.69, 9.17) is 0 Å². The van der Waals surface area contributed by atoms with Gasteiger partial charge in [-0.15, -0.1) is 0 Å². The maximum absolute atomic E-state index is 11.8. The molecule has 0 aliphatic heterocycles. The Bertz CT molecular complexity index is 814. The highest BCUT2D eigenvalue weighted by Gasteiger charge is 2.13. The van der Waals surface area contributed by atoms with Crippen LogP contribution >= 0.6 is 0 Å². The SMILES string of the molecule is Cc1nc(Cc2ccc(NC(=O)NCCS(=O)(=O)N(C)C)cc2)n[nH]1. The molecule has 0 spiro atoms. The predicted molar refractivity (Wildman–Crippen MR) is 94.9 cm³/mol. The summed E-state index contributed by atoms with van der Waals surface area (Å²) in [5, 5.41) is 12.0. The summed E-state index contributed by atoms with van der Waals surface area (Å²) < 4.78 is 24.3. The predicted octanol–water partition coefficient (Wildman–Crippen LogP) is 0.717. The van der Waals surface area contributed by atoms with Gasteiger partial charge in [-0.25, -0.2) is 22.5 Å². The molecule has 0 radical (unpaired) electrons. The second-order valence-corrected chi connectivity index (χ2v) is 7.99. The number of hydrogen-bond acceptors (Lipinski definition) is 5. The van der Waals surface area contributed by atoms with E-state index in [1.54, 1.807) is 12.1 Å². The number of hydrogen-bond donors (Lipinski definition) is 3. The topological polar surface area (TPSA) is 120 Å². The Morgan fingerprint density at radius 1 is 1.24 bits per heavy atom. The first kappa shape index (κ1) is 18.9. The first-order valence-corrected chi connectivity index (χ1v) is 9.29. The number of nitrogens with zero attached hydrogens (tertiary/aromatic N) is 3. The number of amides is 2. The van der Waals surface area contributed by atoms with Crippen LogP contribution in [-0.4, -0.2) is 60.3 Å². The Balaban J connectivity index is 1.81. The van der Waals surface area contributed by atoms with Gasteiger partial charge in [0.25, 0.3) is 0 Å². The van der Waals surface area contributed by atoms with Crippen LogP contribution < -0.4 is 10.6 Å². The van der Waals surface area contributed by atoms with Crippen molar-refractivity contribution in [3.8, 4) is 0 Å². The summed E-state index contributed by atoms with van der Waals surface area (Å²) in [5.74, 6) is 1.32. The van der Waals surface area contributed by atoms with E-state index in [1.165, 1.54) is 14.1 Å². The summed E-state index contributed by atoms with van der Waals surface area (Å²) in [6, 6.07) is 6.83. The van der Waals surface area contributed by atoms with Crippen LogP contribution in [0, 0.1) is 6.92 Å². The van der Waals surface area contributed by atoms with E-state index in [0.717, 1.165) is 15.7 Å². The molecule has 0 unspecified atom stereocenters. The van der Waals surface area contributed by atoms with Crippen molar-refractivity contribution in [1.29, 1.82) is 0 Å². The molecule has 25 heavy (non-hydrogen) atoms. The molecular formula is C15H22N6O3S. The van der Waals surface area contributed by atoms with Gasteiger partial charge in [-0.05, 0) is 24.6 Å². The van der Waals surface area contributed by atoms with Gasteiger partial charge in [-0.3, -0.25) is 5.10 Å². The summed E-state index contributed by atoms with van der Waals surface area (Å²) in [4.78, 5) is 16.0. The highest BCUT2D eigenvalue weighted by Crippen LogP contribution is 2.12. The zero-order valence-electron chi connectivity index (χ0n) is 14.4. The quantitative estimate of drug-likeness (QED) is 0.667. The van der Waals surface area contributed by atoms with Gasteiger partial charge in [0.2, 0.25) is 10.0 Å². The third-order valence-electron chi connectivity index (χ3n) is 3.42. The number of H-pyrrole nitrogens is 1. The van der Waals surface area contributed by atoms with Gasteiger partial charge in [-0.1, -0.05) is 12.1 Å². The van der Waals surface area contributed by atoms with Crippen molar-refractivity contribution >= 4 is 21.7 Å². The average Bonchev–Trinajstić information content (AvgIpc) is 2.94. The first-order valence-electron chi connectivity index (χ1n) is 7.68. The average molecular weight is 366 g/mol. The lowest BCUT2D eigenvalue weighted by Crippen LogP contribution is -2.36. The Kier molecular flexibility index (Phi) is 6.10. The van der Waals surface area contributed by atoms with Crippen molar-refractivity contribution in [2.24, 2.45) is 0 Å². The summed E-state index contributed by atoms with van der Waals surface area (Å²) >= 11 is 0. The number of aryl methyl sites for hydroxylation is 1.